The number of carbonyl (C=O) groups excluding carboxylic acids is 1. The van der Waals surface area contributed by atoms with Gasteiger partial charge in [-0.2, -0.15) is 13.2 Å². The molecular weight excluding hydrogens is 405 g/mol. The van der Waals surface area contributed by atoms with Gasteiger partial charge in [0.1, 0.15) is 0 Å². The van der Waals surface area contributed by atoms with Gasteiger partial charge in [0, 0.05) is 17.7 Å². The van der Waals surface area contributed by atoms with Gasteiger partial charge in [0.15, 0.2) is 0 Å². The zero-order chi connectivity index (χ0) is 21.5. The Morgan fingerprint density at radius 2 is 1.83 bits per heavy atom. The molecule has 2 rings (SSSR count). The lowest BCUT2D eigenvalue weighted by atomic mass is 10.1. The van der Waals surface area contributed by atoms with Crippen molar-refractivity contribution < 1.29 is 26.4 Å². The molecule has 0 unspecified atom stereocenters. The van der Waals surface area contributed by atoms with Gasteiger partial charge in [-0.25, -0.2) is 13.1 Å². The third-order valence-corrected chi connectivity index (χ3v) is 5.04. The summed E-state index contributed by atoms with van der Waals surface area (Å²) in [5.74, 6) is 4.63. The summed E-state index contributed by atoms with van der Waals surface area (Å²) in [5.41, 5.74) is -0.407. The molecule has 0 bridgehead atoms. The van der Waals surface area contributed by atoms with Crippen LogP contribution in [0.3, 0.4) is 0 Å². The maximum atomic E-state index is 12.7. The van der Waals surface area contributed by atoms with Crippen molar-refractivity contribution in [2.45, 2.75) is 11.1 Å². The molecule has 0 aliphatic rings. The molecule has 0 spiro atoms. The molecule has 0 heterocycles. The molecule has 2 N–H and O–H groups in total. The van der Waals surface area contributed by atoms with Crippen LogP contribution in [0.1, 0.15) is 21.5 Å². The Morgan fingerprint density at radius 1 is 1.14 bits per heavy atom. The van der Waals surface area contributed by atoms with E-state index in [1.165, 1.54) is 42.5 Å². The molecule has 1 amide bonds. The fraction of sp³-hybridized carbons (Fsp3) is 0.150. The molecule has 152 valence electrons. The first-order valence-electron chi connectivity index (χ1n) is 8.28. The van der Waals surface area contributed by atoms with E-state index in [1.807, 2.05) is 0 Å². The van der Waals surface area contributed by atoms with Crippen LogP contribution in [-0.4, -0.2) is 27.4 Å². The van der Waals surface area contributed by atoms with Crippen molar-refractivity contribution in [3.05, 3.63) is 77.9 Å². The van der Waals surface area contributed by atoms with Crippen LogP contribution < -0.4 is 10.0 Å². The van der Waals surface area contributed by atoms with Crippen molar-refractivity contribution in [2.24, 2.45) is 0 Å². The number of rotatable bonds is 6. The average Bonchev–Trinajstić information content (AvgIpc) is 2.69. The number of carbonyl (C=O) groups is 1. The normalized spacial score (nSPS) is 11.3. The van der Waals surface area contributed by atoms with Crippen molar-refractivity contribution in [3.8, 4) is 11.8 Å². The third kappa shape index (κ3) is 6.48. The van der Waals surface area contributed by atoms with Crippen LogP contribution >= 0.6 is 0 Å². The van der Waals surface area contributed by atoms with E-state index in [0.717, 1.165) is 12.1 Å². The summed E-state index contributed by atoms with van der Waals surface area (Å²) < 4.78 is 64.2. The molecule has 0 fully saturated rings. The summed E-state index contributed by atoms with van der Waals surface area (Å²) >= 11 is 0. The van der Waals surface area contributed by atoms with Crippen LogP contribution in [0.4, 0.5) is 13.2 Å². The summed E-state index contributed by atoms with van der Waals surface area (Å²) in [6, 6.07) is 9.83. The smallest absolute Gasteiger partial charge is 0.341 e. The molecular formula is C20H17F3N2O3S. The number of hydrogen-bond acceptors (Lipinski definition) is 3. The minimum absolute atomic E-state index is 0.000220. The highest BCUT2D eigenvalue weighted by Gasteiger charge is 2.30. The number of hydrogen-bond donors (Lipinski definition) is 2. The summed E-state index contributed by atoms with van der Waals surface area (Å²) in [4.78, 5) is 12.1. The van der Waals surface area contributed by atoms with Gasteiger partial charge in [0.05, 0.1) is 17.0 Å². The van der Waals surface area contributed by atoms with E-state index < -0.39 is 27.7 Å². The van der Waals surface area contributed by atoms with E-state index in [4.69, 9.17) is 0 Å². The molecule has 5 nitrogen and oxygen atoms in total. The van der Waals surface area contributed by atoms with Crippen molar-refractivity contribution in [3.63, 3.8) is 0 Å². The highest BCUT2D eigenvalue weighted by Crippen LogP contribution is 2.29. The lowest BCUT2D eigenvalue weighted by molar-refractivity contribution is -0.137. The maximum absolute atomic E-state index is 12.7. The van der Waals surface area contributed by atoms with E-state index in [0.29, 0.717) is 0 Å². The second kappa shape index (κ2) is 9.41. The van der Waals surface area contributed by atoms with E-state index >= 15 is 0 Å². The van der Waals surface area contributed by atoms with Crippen LogP contribution in [-0.2, 0) is 16.2 Å². The van der Waals surface area contributed by atoms with Crippen molar-refractivity contribution >= 4 is 15.9 Å². The standard InChI is InChI=1S/C20H17F3N2O3S/c1-2-12-25-29(27,28)18-10-8-16(9-11-18)19(26)24-13-4-6-15-5-3-7-17(14-15)20(21,22)23/h2-3,5,7-11,14,25H,1,12-13H2,(H,24,26). The minimum Gasteiger partial charge on any atom is -0.341 e. The van der Waals surface area contributed by atoms with Crippen LogP contribution in [0.5, 0.6) is 0 Å². The number of benzene rings is 2. The fourth-order valence-corrected chi connectivity index (χ4v) is 3.18. The zero-order valence-corrected chi connectivity index (χ0v) is 15.9. The van der Waals surface area contributed by atoms with Crippen molar-refractivity contribution in [1.29, 1.82) is 0 Å². The van der Waals surface area contributed by atoms with Crippen LogP contribution in [0.15, 0.2) is 66.1 Å². The predicted molar refractivity (Wildman–Crippen MR) is 102 cm³/mol. The molecule has 2 aromatic carbocycles. The Morgan fingerprint density at radius 3 is 2.45 bits per heavy atom. The van der Waals surface area contributed by atoms with Gasteiger partial charge < -0.3 is 5.32 Å². The topological polar surface area (TPSA) is 75.3 Å². The van der Waals surface area contributed by atoms with Gasteiger partial charge in [0.2, 0.25) is 10.0 Å². The molecule has 0 aliphatic heterocycles. The summed E-state index contributed by atoms with van der Waals surface area (Å²) in [6.45, 7) is 3.41. The Kier molecular flexibility index (Phi) is 7.20. The minimum atomic E-state index is -4.45. The first-order valence-corrected chi connectivity index (χ1v) is 9.77. The third-order valence-electron chi connectivity index (χ3n) is 3.60. The SMILES string of the molecule is C=CCNS(=O)(=O)c1ccc(C(=O)NCC#Cc2cccc(C(F)(F)F)c2)cc1. The van der Waals surface area contributed by atoms with Gasteiger partial charge in [-0.3, -0.25) is 4.79 Å². The highest BCUT2D eigenvalue weighted by molar-refractivity contribution is 7.89. The molecule has 0 aromatic heterocycles. The molecule has 0 aliphatic carbocycles. The average molecular weight is 422 g/mol. The van der Waals surface area contributed by atoms with Crippen molar-refractivity contribution in [2.75, 3.05) is 13.1 Å². The lowest BCUT2D eigenvalue weighted by Gasteiger charge is -2.06. The van der Waals surface area contributed by atoms with Crippen LogP contribution in [0.25, 0.3) is 0 Å². The highest BCUT2D eigenvalue weighted by atomic mass is 32.2. The van der Waals surface area contributed by atoms with Gasteiger partial charge in [-0.15, -0.1) is 6.58 Å². The second-order valence-electron chi connectivity index (χ2n) is 5.73. The van der Waals surface area contributed by atoms with E-state index in [2.05, 4.69) is 28.5 Å². The number of halogens is 3. The van der Waals surface area contributed by atoms with E-state index in [9.17, 15) is 26.4 Å². The van der Waals surface area contributed by atoms with Crippen LogP contribution in [0.2, 0.25) is 0 Å². The second-order valence-corrected chi connectivity index (χ2v) is 7.49. The number of sulfonamides is 1. The Hall–Kier alpha value is -3.09. The molecule has 0 saturated carbocycles. The molecule has 0 atom stereocenters. The monoisotopic (exact) mass is 422 g/mol. The van der Waals surface area contributed by atoms with Crippen molar-refractivity contribution in [1.82, 2.24) is 10.0 Å². The zero-order valence-electron chi connectivity index (χ0n) is 15.1. The number of alkyl halides is 3. The summed E-state index contributed by atoms with van der Waals surface area (Å²) in [5, 5.41) is 2.49. The molecule has 2 aromatic rings. The fourth-order valence-electron chi connectivity index (χ4n) is 2.18. The lowest BCUT2D eigenvalue weighted by Crippen LogP contribution is -2.25. The largest absolute Gasteiger partial charge is 0.416 e. The molecule has 0 radical (unpaired) electrons. The first-order chi connectivity index (χ1) is 13.6. The maximum Gasteiger partial charge on any atom is 0.416 e. The Bertz CT molecular complexity index is 1050. The first kappa shape index (κ1) is 22.2. The molecule has 0 saturated heterocycles. The number of nitrogens with one attached hydrogen (secondary N) is 2. The van der Waals surface area contributed by atoms with Crippen LogP contribution in [0, 0.1) is 11.8 Å². The molecule has 29 heavy (non-hydrogen) atoms. The van der Waals surface area contributed by atoms with Gasteiger partial charge in [0.25, 0.3) is 5.91 Å². The summed E-state index contributed by atoms with van der Waals surface area (Å²) in [6.07, 6.45) is -3.05. The predicted octanol–water partition coefficient (Wildman–Crippen LogP) is 2.95. The van der Waals surface area contributed by atoms with E-state index in [1.54, 1.807) is 0 Å². The van der Waals surface area contributed by atoms with Gasteiger partial charge >= 0.3 is 6.18 Å². The quantitative estimate of drug-likeness (QED) is 0.555. The summed E-state index contributed by atoms with van der Waals surface area (Å²) in [7, 11) is -3.69. The van der Waals surface area contributed by atoms with Gasteiger partial charge in [-0.05, 0) is 42.5 Å². The molecule has 9 heteroatoms. The van der Waals surface area contributed by atoms with E-state index in [-0.39, 0.29) is 29.1 Å². The number of amides is 1. The van der Waals surface area contributed by atoms with Gasteiger partial charge in [-0.1, -0.05) is 24.0 Å². The Balaban J connectivity index is 1.97. The Labute approximate surface area is 166 Å².